The number of anilines is 1. The normalized spacial score (nSPS) is 23.5. The Kier molecular flexibility index (Phi) is 8.73. The molecule has 2 aromatic carbocycles. The summed E-state index contributed by atoms with van der Waals surface area (Å²) in [6, 6.07) is 9.05. The molecule has 4 aliphatic heterocycles. The van der Waals surface area contributed by atoms with Crippen LogP contribution in [0, 0.1) is 5.82 Å². The van der Waals surface area contributed by atoms with Gasteiger partial charge in [-0.25, -0.2) is 4.39 Å². The van der Waals surface area contributed by atoms with E-state index in [1.54, 1.807) is 40.1 Å². The highest BCUT2D eigenvalue weighted by molar-refractivity contribution is 6.30. The van der Waals surface area contributed by atoms with Gasteiger partial charge in [-0.3, -0.25) is 19.3 Å². The monoisotopic (exact) mass is 610 g/mol. The number of carbonyl (C=O) groups is 3. The van der Waals surface area contributed by atoms with Crippen molar-refractivity contribution in [1.82, 2.24) is 24.9 Å². The van der Waals surface area contributed by atoms with E-state index in [9.17, 15) is 18.8 Å². The fourth-order valence-electron chi connectivity index (χ4n) is 7.10. The molecule has 0 aromatic heterocycles. The number of hydrogen-bond donors (Lipinski definition) is 1. The molecule has 9 nitrogen and oxygen atoms in total. The Morgan fingerprint density at radius 3 is 2.56 bits per heavy atom. The number of piperidine rings is 1. The van der Waals surface area contributed by atoms with Gasteiger partial charge < -0.3 is 24.9 Å². The zero-order chi connectivity index (χ0) is 30.2. The molecule has 0 bridgehead atoms. The van der Waals surface area contributed by atoms with Gasteiger partial charge in [0.25, 0.3) is 11.8 Å². The van der Waals surface area contributed by atoms with E-state index in [1.165, 1.54) is 6.07 Å². The number of hydrogen-bond acceptors (Lipinski definition) is 6. The highest BCUT2D eigenvalue weighted by atomic mass is 35.5. The van der Waals surface area contributed by atoms with Crippen molar-refractivity contribution in [2.75, 3.05) is 71.4 Å². The van der Waals surface area contributed by atoms with Gasteiger partial charge in [0, 0.05) is 42.8 Å². The summed E-state index contributed by atoms with van der Waals surface area (Å²) in [6.45, 7) is 4.65. The van der Waals surface area contributed by atoms with Gasteiger partial charge in [0.1, 0.15) is 11.9 Å². The maximum absolute atomic E-state index is 14.9. The minimum atomic E-state index is -0.788. The van der Waals surface area contributed by atoms with Crippen molar-refractivity contribution >= 4 is 35.0 Å². The number of likely N-dealkylation sites (tertiary alicyclic amines) is 1. The second-order valence-corrected chi connectivity index (χ2v) is 12.8. The first kappa shape index (κ1) is 30.0. The van der Waals surface area contributed by atoms with Crippen molar-refractivity contribution < 1.29 is 18.8 Å². The van der Waals surface area contributed by atoms with E-state index in [1.807, 2.05) is 23.9 Å². The van der Waals surface area contributed by atoms with E-state index < -0.39 is 11.9 Å². The molecule has 2 aromatic rings. The lowest BCUT2D eigenvalue weighted by molar-refractivity contribution is -0.141. The Morgan fingerprint density at radius 1 is 1.02 bits per heavy atom. The first-order chi connectivity index (χ1) is 20.7. The number of halogens is 2. The van der Waals surface area contributed by atoms with Gasteiger partial charge in [-0.15, -0.1) is 0 Å². The average Bonchev–Trinajstić information content (AvgIpc) is 3.48. The fraction of sp³-hybridized carbons (Fsp3) is 0.531. The lowest BCUT2D eigenvalue weighted by Crippen LogP contribution is -2.63. The zero-order valence-corrected chi connectivity index (χ0v) is 25.7. The number of nitrogens with zero attached hydrogens (tertiary/aromatic N) is 5. The Hall–Kier alpha value is -3.05. The second kappa shape index (κ2) is 12.5. The standard InChI is InChI=1S/C32H40ClFN6O3/c1-36(2)14-16-39-27-8-5-21(24-7-6-22(33)19-26(24)34)18-25(27)30(41)40-17-15-37(20-29(40)32(39)43)31(42)28-4-3-13-38(28)23-9-11-35-12-10-23/h5-8,18-19,23,28-29,35H,3-4,9-17,20H2,1-2H3/t28?,29-/m1/s1. The number of fused-ring (bicyclic) bond motifs is 2. The molecule has 43 heavy (non-hydrogen) atoms. The third-order valence-corrected chi connectivity index (χ3v) is 9.63. The molecule has 4 heterocycles. The van der Waals surface area contributed by atoms with Crippen LogP contribution in [0.4, 0.5) is 10.1 Å². The molecule has 3 fully saturated rings. The van der Waals surface area contributed by atoms with Crippen molar-refractivity contribution in [2.24, 2.45) is 0 Å². The van der Waals surface area contributed by atoms with Gasteiger partial charge in [0.05, 0.1) is 23.8 Å². The quantitative estimate of drug-likeness (QED) is 0.542. The van der Waals surface area contributed by atoms with Crippen molar-refractivity contribution in [3.63, 3.8) is 0 Å². The number of piperazine rings is 1. The predicted octanol–water partition coefficient (Wildman–Crippen LogP) is 2.92. The molecule has 3 saturated heterocycles. The first-order valence-corrected chi connectivity index (χ1v) is 15.7. The fourth-order valence-corrected chi connectivity index (χ4v) is 7.25. The SMILES string of the molecule is CN(C)CCN1C(=O)[C@H]2CN(C(=O)C3CCCN3C3CCNCC3)CCN2C(=O)c2cc(-c3ccc(Cl)cc3F)ccc21. The number of benzene rings is 2. The molecule has 230 valence electrons. The molecule has 6 rings (SSSR count). The Bertz CT molecular complexity index is 1400. The van der Waals surface area contributed by atoms with E-state index in [0.29, 0.717) is 53.1 Å². The third-order valence-electron chi connectivity index (χ3n) is 9.39. The van der Waals surface area contributed by atoms with Crippen LogP contribution in [0.3, 0.4) is 0 Å². The zero-order valence-electron chi connectivity index (χ0n) is 24.9. The summed E-state index contributed by atoms with van der Waals surface area (Å²) in [5.74, 6) is -0.887. The lowest BCUT2D eigenvalue weighted by Gasteiger charge is -2.43. The minimum Gasteiger partial charge on any atom is -0.337 e. The summed E-state index contributed by atoms with van der Waals surface area (Å²) in [7, 11) is 3.87. The van der Waals surface area contributed by atoms with Crippen molar-refractivity contribution in [1.29, 1.82) is 0 Å². The summed E-state index contributed by atoms with van der Waals surface area (Å²) in [6.07, 6.45) is 3.89. The van der Waals surface area contributed by atoms with Crippen LogP contribution in [0.15, 0.2) is 36.4 Å². The Morgan fingerprint density at radius 2 is 1.81 bits per heavy atom. The number of rotatable bonds is 6. The summed E-state index contributed by atoms with van der Waals surface area (Å²) >= 11 is 5.98. The second-order valence-electron chi connectivity index (χ2n) is 12.3. The molecule has 1 unspecified atom stereocenters. The van der Waals surface area contributed by atoms with Crippen LogP contribution < -0.4 is 10.2 Å². The molecule has 0 spiro atoms. The molecule has 11 heteroatoms. The van der Waals surface area contributed by atoms with E-state index in [4.69, 9.17) is 11.6 Å². The largest absolute Gasteiger partial charge is 0.337 e. The van der Waals surface area contributed by atoms with Gasteiger partial charge >= 0.3 is 0 Å². The minimum absolute atomic E-state index is 0.0676. The van der Waals surface area contributed by atoms with Gasteiger partial charge in [-0.05, 0) is 95.3 Å². The summed E-state index contributed by atoms with van der Waals surface area (Å²) in [5.41, 5.74) is 1.73. The van der Waals surface area contributed by atoms with Crippen molar-refractivity contribution in [2.45, 2.75) is 43.8 Å². The van der Waals surface area contributed by atoms with E-state index in [0.717, 1.165) is 45.3 Å². The van der Waals surface area contributed by atoms with Crippen LogP contribution in [0.5, 0.6) is 0 Å². The van der Waals surface area contributed by atoms with Crippen molar-refractivity contribution in [3.8, 4) is 11.1 Å². The number of likely N-dealkylation sites (N-methyl/N-ethyl adjacent to an activating group) is 1. The highest BCUT2D eigenvalue weighted by Gasteiger charge is 2.46. The highest BCUT2D eigenvalue weighted by Crippen LogP contribution is 2.35. The molecule has 2 atom stereocenters. The maximum Gasteiger partial charge on any atom is 0.256 e. The molecule has 0 radical (unpaired) electrons. The summed E-state index contributed by atoms with van der Waals surface area (Å²) in [4.78, 5) is 51.8. The smallest absolute Gasteiger partial charge is 0.256 e. The lowest BCUT2D eigenvalue weighted by atomic mass is 10.00. The van der Waals surface area contributed by atoms with Gasteiger partial charge in [-0.1, -0.05) is 17.7 Å². The van der Waals surface area contributed by atoms with Crippen molar-refractivity contribution in [3.05, 3.63) is 52.8 Å². The molecule has 4 aliphatic rings. The predicted molar refractivity (Wildman–Crippen MR) is 165 cm³/mol. The first-order valence-electron chi connectivity index (χ1n) is 15.3. The van der Waals surface area contributed by atoms with Crippen LogP contribution >= 0.6 is 11.6 Å². The molecular weight excluding hydrogens is 571 g/mol. The van der Waals surface area contributed by atoms with Crippen LogP contribution in [0.2, 0.25) is 5.02 Å². The Balaban J connectivity index is 1.29. The summed E-state index contributed by atoms with van der Waals surface area (Å²) in [5, 5.41) is 3.70. The van der Waals surface area contributed by atoms with Crippen LogP contribution in [0.25, 0.3) is 11.1 Å². The molecule has 3 amide bonds. The molecular formula is C32H40ClFN6O3. The van der Waals surface area contributed by atoms with Crippen LogP contribution in [-0.2, 0) is 9.59 Å². The average molecular weight is 611 g/mol. The maximum atomic E-state index is 14.9. The third kappa shape index (κ3) is 5.90. The number of amides is 3. The van der Waals surface area contributed by atoms with Gasteiger partial charge in [-0.2, -0.15) is 0 Å². The molecule has 0 aliphatic carbocycles. The molecule has 1 N–H and O–H groups in total. The topological polar surface area (TPSA) is 79.4 Å². The number of nitrogens with one attached hydrogen (secondary N) is 1. The summed E-state index contributed by atoms with van der Waals surface area (Å²) < 4.78 is 14.9. The van der Waals surface area contributed by atoms with E-state index in [-0.39, 0.29) is 36.9 Å². The molecule has 0 saturated carbocycles. The van der Waals surface area contributed by atoms with E-state index in [2.05, 4.69) is 10.2 Å². The number of carbonyl (C=O) groups excluding carboxylic acids is 3. The van der Waals surface area contributed by atoms with Crippen LogP contribution in [-0.4, -0.2) is 122 Å². The van der Waals surface area contributed by atoms with Crippen LogP contribution in [0.1, 0.15) is 36.0 Å². The Labute approximate surface area is 257 Å². The van der Waals surface area contributed by atoms with Gasteiger partial charge in [0.2, 0.25) is 5.91 Å². The van der Waals surface area contributed by atoms with E-state index >= 15 is 0 Å². The van der Waals surface area contributed by atoms with Gasteiger partial charge in [0.15, 0.2) is 0 Å².